The number of amides is 2. The zero-order valence-corrected chi connectivity index (χ0v) is 19.5. The summed E-state index contributed by atoms with van der Waals surface area (Å²) >= 11 is 0. The second kappa shape index (κ2) is 10.7. The van der Waals surface area contributed by atoms with Gasteiger partial charge < -0.3 is 20.1 Å². The maximum Gasteiger partial charge on any atom is 0.422 e. The van der Waals surface area contributed by atoms with E-state index in [1.165, 1.54) is 4.90 Å². The van der Waals surface area contributed by atoms with E-state index >= 15 is 0 Å². The molecular formula is C27H23F3N2O5. The Hall–Kier alpha value is -4.34. The highest BCUT2D eigenvalue weighted by molar-refractivity contribution is 5.99. The van der Waals surface area contributed by atoms with Crippen LogP contribution < -0.4 is 10.2 Å². The van der Waals surface area contributed by atoms with Crippen LogP contribution >= 0.6 is 0 Å². The molecule has 0 bridgehead atoms. The first-order chi connectivity index (χ1) is 17.6. The molecule has 0 aliphatic carbocycles. The summed E-state index contributed by atoms with van der Waals surface area (Å²) in [5.41, 5.74) is 3.41. The molecule has 4 rings (SSSR count). The van der Waals surface area contributed by atoms with E-state index in [4.69, 9.17) is 0 Å². The van der Waals surface area contributed by atoms with Crippen molar-refractivity contribution in [2.75, 3.05) is 18.1 Å². The summed E-state index contributed by atoms with van der Waals surface area (Å²) in [6, 6.07) is 20.5. The predicted octanol–water partition coefficient (Wildman–Crippen LogP) is 4.45. The van der Waals surface area contributed by atoms with Crippen LogP contribution in [0.25, 0.3) is 11.1 Å². The Bertz CT molecular complexity index is 1290. The van der Waals surface area contributed by atoms with E-state index in [1.807, 2.05) is 0 Å². The number of anilines is 1. The molecule has 1 heterocycles. The number of halogens is 3. The maximum atomic E-state index is 12.6. The molecule has 3 aromatic carbocycles. The Balaban J connectivity index is 1.34. The van der Waals surface area contributed by atoms with Crippen LogP contribution in [0, 0.1) is 5.92 Å². The Morgan fingerprint density at radius 2 is 1.65 bits per heavy atom. The quantitative estimate of drug-likeness (QED) is 0.456. The zero-order valence-electron chi connectivity index (χ0n) is 19.5. The lowest BCUT2D eigenvalue weighted by atomic mass is 10.0. The Labute approximate surface area is 210 Å². The van der Waals surface area contributed by atoms with Crippen molar-refractivity contribution < 1.29 is 37.4 Å². The number of nitrogens with zero attached hydrogens (tertiary/aromatic N) is 1. The summed E-state index contributed by atoms with van der Waals surface area (Å²) in [5, 5.41) is 12.2. The number of ether oxygens (including phenoxy) is 1. The van der Waals surface area contributed by atoms with Crippen molar-refractivity contribution in [2.24, 2.45) is 5.92 Å². The lowest BCUT2D eigenvalue weighted by Crippen LogP contribution is -2.28. The van der Waals surface area contributed by atoms with Crippen molar-refractivity contribution in [3.05, 3.63) is 83.9 Å². The molecule has 1 aliphatic rings. The van der Waals surface area contributed by atoms with Crippen LogP contribution in [0.2, 0.25) is 0 Å². The van der Waals surface area contributed by atoms with Gasteiger partial charge in [0.25, 0.3) is 5.91 Å². The second-order valence-corrected chi connectivity index (χ2v) is 8.61. The van der Waals surface area contributed by atoms with Crippen molar-refractivity contribution in [1.82, 2.24) is 5.32 Å². The first kappa shape index (κ1) is 25.7. The highest BCUT2D eigenvalue weighted by Gasteiger charge is 2.38. The lowest BCUT2D eigenvalue weighted by Gasteiger charge is -2.18. The van der Waals surface area contributed by atoms with Crippen molar-refractivity contribution in [3.8, 4) is 16.9 Å². The van der Waals surface area contributed by atoms with E-state index < -0.39 is 30.6 Å². The van der Waals surface area contributed by atoms with Gasteiger partial charge in [-0.15, -0.1) is 0 Å². The number of carbonyl (C=O) groups is 3. The summed E-state index contributed by atoms with van der Waals surface area (Å²) in [6.45, 7) is -1.60. The summed E-state index contributed by atoms with van der Waals surface area (Å²) in [6.07, 6.45) is -4.87. The van der Waals surface area contributed by atoms with Gasteiger partial charge in [-0.1, -0.05) is 36.4 Å². The van der Waals surface area contributed by atoms with Gasteiger partial charge in [0.2, 0.25) is 5.91 Å². The van der Waals surface area contributed by atoms with Gasteiger partial charge in [0.05, 0.1) is 5.92 Å². The topological polar surface area (TPSA) is 95.9 Å². The first-order valence-electron chi connectivity index (χ1n) is 11.4. The molecule has 3 aromatic rings. The summed E-state index contributed by atoms with van der Waals surface area (Å²) in [7, 11) is 0. The predicted molar refractivity (Wildman–Crippen MR) is 129 cm³/mol. The van der Waals surface area contributed by atoms with Crippen LogP contribution in [0.5, 0.6) is 5.75 Å². The third-order valence-electron chi connectivity index (χ3n) is 5.86. The molecular weight excluding hydrogens is 489 g/mol. The van der Waals surface area contributed by atoms with Crippen molar-refractivity contribution in [1.29, 1.82) is 0 Å². The third-order valence-corrected chi connectivity index (χ3v) is 5.86. The molecule has 0 radical (unpaired) electrons. The molecule has 37 heavy (non-hydrogen) atoms. The smallest absolute Gasteiger partial charge is 0.422 e. The van der Waals surface area contributed by atoms with Gasteiger partial charge in [-0.3, -0.25) is 14.4 Å². The Kier molecular flexibility index (Phi) is 7.47. The van der Waals surface area contributed by atoms with Crippen LogP contribution in [0.15, 0.2) is 72.8 Å². The number of phenols is 1. The van der Waals surface area contributed by atoms with Gasteiger partial charge in [-0.25, -0.2) is 0 Å². The molecule has 1 unspecified atom stereocenters. The summed E-state index contributed by atoms with van der Waals surface area (Å²) in [5.74, 6) is -2.58. The zero-order chi connectivity index (χ0) is 26.6. The fourth-order valence-electron chi connectivity index (χ4n) is 3.97. The molecule has 2 N–H and O–H groups in total. The van der Waals surface area contributed by atoms with Crippen molar-refractivity contribution in [2.45, 2.75) is 19.1 Å². The number of phenolic OH excluding ortho intramolecular Hbond substituents is 1. The largest absolute Gasteiger partial charge is 0.508 e. The third kappa shape index (κ3) is 6.66. The molecule has 1 aliphatic heterocycles. The van der Waals surface area contributed by atoms with E-state index in [0.29, 0.717) is 16.8 Å². The molecule has 1 atom stereocenters. The molecule has 1 saturated heterocycles. The Morgan fingerprint density at radius 3 is 2.30 bits per heavy atom. The minimum Gasteiger partial charge on any atom is -0.508 e. The monoisotopic (exact) mass is 512 g/mol. The van der Waals surface area contributed by atoms with Gasteiger partial charge in [-0.2, -0.15) is 13.2 Å². The van der Waals surface area contributed by atoms with Crippen LogP contribution in [0.4, 0.5) is 18.9 Å². The minimum absolute atomic E-state index is 0.0846. The van der Waals surface area contributed by atoms with Crippen LogP contribution in [-0.2, 0) is 20.9 Å². The number of carbonyl (C=O) groups excluding carboxylic acids is 3. The van der Waals surface area contributed by atoms with Crippen LogP contribution in [0.1, 0.15) is 22.3 Å². The van der Waals surface area contributed by atoms with Gasteiger partial charge in [0, 0.05) is 30.8 Å². The normalized spacial score (nSPS) is 15.5. The summed E-state index contributed by atoms with van der Waals surface area (Å²) in [4.78, 5) is 38.3. The molecule has 10 heteroatoms. The second-order valence-electron chi connectivity index (χ2n) is 8.61. The first-order valence-corrected chi connectivity index (χ1v) is 11.4. The van der Waals surface area contributed by atoms with Gasteiger partial charge in [-0.05, 0) is 53.1 Å². The molecule has 7 nitrogen and oxygen atoms in total. The molecule has 2 amide bonds. The number of nitrogens with one attached hydrogen (secondary N) is 1. The summed E-state index contributed by atoms with van der Waals surface area (Å²) < 4.78 is 41.2. The van der Waals surface area contributed by atoms with E-state index in [2.05, 4.69) is 10.1 Å². The van der Waals surface area contributed by atoms with Gasteiger partial charge >= 0.3 is 12.1 Å². The van der Waals surface area contributed by atoms with E-state index in [-0.39, 0.29) is 31.2 Å². The fraction of sp³-hybridized carbons (Fsp3) is 0.222. The minimum atomic E-state index is -4.63. The number of benzene rings is 3. The molecule has 0 aromatic heterocycles. The number of aromatic hydroxyl groups is 1. The molecule has 0 spiro atoms. The highest BCUT2D eigenvalue weighted by atomic mass is 19.4. The fourth-order valence-corrected chi connectivity index (χ4v) is 3.97. The number of rotatable bonds is 7. The molecule has 192 valence electrons. The number of hydrogen-bond donors (Lipinski definition) is 2. The maximum absolute atomic E-state index is 12.6. The average molecular weight is 512 g/mol. The van der Waals surface area contributed by atoms with Crippen molar-refractivity contribution in [3.63, 3.8) is 0 Å². The Morgan fingerprint density at radius 1 is 1.00 bits per heavy atom. The van der Waals surface area contributed by atoms with Gasteiger partial charge in [0.15, 0.2) is 6.61 Å². The van der Waals surface area contributed by atoms with Gasteiger partial charge in [0.1, 0.15) is 5.75 Å². The standard InChI is InChI=1S/C27H23F3N2O5/c28-27(29,30)16-37-26(36)21-13-24(34)32(15-21)22-3-1-2-17(12-22)14-31-25(35)20-6-4-18(5-7-20)19-8-10-23(33)11-9-19/h1-12,21,33H,13-16H2,(H,31,35). The van der Waals surface area contributed by atoms with E-state index in [0.717, 1.165) is 11.1 Å². The highest BCUT2D eigenvalue weighted by Crippen LogP contribution is 2.27. The molecule has 0 saturated carbocycles. The van der Waals surface area contributed by atoms with E-state index in [1.54, 1.807) is 72.8 Å². The number of alkyl halides is 3. The SMILES string of the molecule is O=C(NCc1cccc(N2CC(C(=O)OCC(F)(F)F)CC2=O)c1)c1ccc(-c2ccc(O)cc2)cc1. The van der Waals surface area contributed by atoms with Crippen molar-refractivity contribution >= 4 is 23.5 Å². The average Bonchev–Trinajstić information content (AvgIpc) is 3.28. The van der Waals surface area contributed by atoms with Crippen LogP contribution in [0.3, 0.4) is 0 Å². The molecule has 1 fully saturated rings. The van der Waals surface area contributed by atoms with Crippen LogP contribution in [-0.4, -0.2) is 42.2 Å². The van der Waals surface area contributed by atoms with E-state index in [9.17, 15) is 32.7 Å². The number of hydrogen-bond acceptors (Lipinski definition) is 5. The number of esters is 1. The lowest BCUT2D eigenvalue weighted by molar-refractivity contribution is -0.188.